The van der Waals surface area contributed by atoms with Gasteiger partial charge in [-0.05, 0) is 72.1 Å². The molecule has 1 N–H and O–H groups in total. The molecule has 0 saturated heterocycles. The zero-order chi connectivity index (χ0) is 16.5. The van der Waals surface area contributed by atoms with E-state index in [1.807, 2.05) is 24.3 Å². The minimum atomic E-state index is 0.112. The zero-order valence-electron chi connectivity index (χ0n) is 13.9. The molecule has 4 atom stereocenters. The van der Waals surface area contributed by atoms with Crippen LogP contribution in [-0.2, 0) is 11.2 Å². The van der Waals surface area contributed by atoms with Crippen molar-refractivity contribution in [3.8, 4) is 5.69 Å². The highest BCUT2D eigenvalue weighted by molar-refractivity contribution is 5.78. The molecule has 2 aliphatic carbocycles. The van der Waals surface area contributed by atoms with Gasteiger partial charge < -0.3 is 5.32 Å². The maximum Gasteiger partial charge on any atom is 0.224 e. The van der Waals surface area contributed by atoms with Gasteiger partial charge in [-0.2, -0.15) is 0 Å². The average Bonchev–Trinajstić information content (AvgIpc) is 3.33. The van der Waals surface area contributed by atoms with Gasteiger partial charge >= 0.3 is 0 Å². The predicted octanol–water partition coefficient (Wildman–Crippen LogP) is 2.15. The van der Waals surface area contributed by atoms with Crippen molar-refractivity contribution in [2.45, 2.75) is 45.1 Å². The second-order valence-electron chi connectivity index (χ2n) is 7.29. The average molecular weight is 325 g/mol. The number of tetrazole rings is 1. The topological polar surface area (TPSA) is 72.7 Å². The zero-order valence-corrected chi connectivity index (χ0v) is 13.9. The Morgan fingerprint density at radius 2 is 2.12 bits per heavy atom. The summed E-state index contributed by atoms with van der Waals surface area (Å²) in [5.41, 5.74) is 1.89. The van der Waals surface area contributed by atoms with Gasteiger partial charge in [0, 0.05) is 6.04 Å². The monoisotopic (exact) mass is 325 g/mol. The van der Waals surface area contributed by atoms with E-state index in [9.17, 15) is 4.79 Å². The maximum atomic E-state index is 12.4. The van der Waals surface area contributed by atoms with Crippen LogP contribution in [0.3, 0.4) is 0 Å². The van der Waals surface area contributed by atoms with E-state index < -0.39 is 0 Å². The minimum Gasteiger partial charge on any atom is -0.353 e. The number of carbonyl (C=O) groups is 1. The molecule has 4 rings (SSSR count). The highest BCUT2D eigenvalue weighted by Gasteiger charge is 2.42. The summed E-state index contributed by atoms with van der Waals surface area (Å²) in [6.45, 7) is 2.17. The van der Waals surface area contributed by atoms with Gasteiger partial charge in [-0.3, -0.25) is 4.79 Å². The molecule has 2 aromatic rings. The van der Waals surface area contributed by atoms with E-state index in [1.165, 1.54) is 25.7 Å². The van der Waals surface area contributed by atoms with Crippen molar-refractivity contribution in [2.75, 3.05) is 0 Å². The Labute approximate surface area is 141 Å². The lowest BCUT2D eigenvalue weighted by molar-refractivity contribution is -0.121. The summed E-state index contributed by atoms with van der Waals surface area (Å²) in [4.78, 5) is 12.4. The largest absolute Gasteiger partial charge is 0.353 e. The minimum absolute atomic E-state index is 0.112. The molecular weight excluding hydrogens is 302 g/mol. The number of nitrogens with zero attached hydrogens (tertiary/aromatic N) is 4. The number of hydrogen-bond acceptors (Lipinski definition) is 4. The second-order valence-corrected chi connectivity index (χ2v) is 7.29. The van der Waals surface area contributed by atoms with Crippen molar-refractivity contribution in [1.82, 2.24) is 25.5 Å². The van der Waals surface area contributed by atoms with Gasteiger partial charge in [-0.1, -0.05) is 18.6 Å². The summed E-state index contributed by atoms with van der Waals surface area (Å²) in [7, 11) is 0. The van der Waals surface area contributed by atoms with Gasteiger partial charge in [-0.25, -0.2) is 4.68 Å². The van der Waals surface area contributed by atoms with E-state index in [-0.39, 0.29) is 11.9 Å². The van der Waals surface area contributed by atoms with E-state index in [1.54, 1.807) is 11.0 Å². The van der Waals surface area contributed by atoms with Crippen LogP contribution in [0.25, 0.3) is 5.69 Å². The lowest BCUT2D eigenvalue weighted by Crippen LogP contribution is -2.40. The molecule has 126 valence electrons. The van der Waals surface area contributed by atoms with Crippen molar-refractivity contribution < 1.29 is 4.79 Å². The number of rotatable bonds is 5. The first kappa shape index (κ1) is 15.3. The molecule has 1 aromatic carbocycles. The summed E-state index contributed by atoms with van der Waals surface area (Å²) in [5.74, 6) is 2.54. The van der Waals surface area contributed by atoms with Crippen LogP contribution in [0, 0.1) is 17.8 Å². The molecule has 0 aliphatic heterocycles. The van der Waals surface area contributed by atoms with Crippen molar-refractivity contribution in [1.29, 1.82) is 0 Å². The van der Waals surface area contributed by atoms with Gasteiger partial charge in [0.05, 0.1) is 12.1 Å². The summed E-state index contributed by atoms with van der Waals surface area (Å²) >= 11 is 0. The van der Waals surface area contributed by atoms with E-state index in [4.69, 9.17) is 0 Å². The van der Waals surface area contributed by atoms with Gasteiger partial charge in [-0.15, -0.1) is 5.10 Å². The van der Waals surface area contributed by atoms with Crippen LogP contribution in [-0.4, -0.2) is 32.2 Å². The van der Waals surface area contributed by atoms with Crippen molar-refractivity contribution in [2.24, 2.45) is 17.8 Å². The summed E-state index contributed by atoms with van der Waals surface area (Å²) in [5, 5.41) is 14.3. The van der Waals surface area contributed by atoms with Crippen LogP contribution in [0.4, 0.5) is 0 Å². The molecule has 1 heterocycles. The molecule has 6 nitrogen and oxygen atoms in total. The lowest BCUT2D eigenvalue weighted by atomic mass is 9.84. The smallest absolute Gasteiger partial charge is 0.224 e. The van der Waals surface area contributed by atoms with E-state index >= 15 is 0 Å². The van der Waals surface area contributed by atoms with Crippen molar-refractivity contribution in [3.05, 3.63) is 36.2 Å². The molecular formula is C18H23N5O. The van der Waals surface area contributed by atoms with Crippen molar-refractivity contribution in [3.63, 3.8) is 0 Å². The van der Waals surface area contributed by atoms with Gasteiger partial charge in [0.15, 0.2) is 0 Å². The Hall–Kier alpha value is -2.24. The number of carbonyl (C=O) groups excluding carboxylic acids is 1. The Bertz CT molecular complexity index is 697. The van der Waals surface area contributed by atoms with Crippen LogP contribution in [0.5, 0.6) is 0 Å². The number of hydrogen-bond donors (Lipinski definition) is 1. The molecule has 2 saturated carbocycles. The Balaban J connectivity index is 1.32. The summed E-state index contributed by atoms with van der Waals surface area (Å²) in [6, 6.07) is 8.06. The summed E-state index contributed by atoms with van der Waals surface area (Å²) in [6.07, 6.45) is 7.40. The fourth-order valence-electron chi connectivity index (χ4n) is 4.55. The normalized spacial score (nSPS) is 26.5. The van der Waals surface area contributed by atoms with Crippen LogP contribution < -0.4 is 5.32 Å². The first-order valence-corrected chi connectivity index (χ1v) is 8.80. The lowest BCUT2D eigenvalue weighted by Gasteiger charge is -2.28. The quantitative estimate of drug-likeness (QED) is 0.914. The SMILES string of the molecule is C[C@H](NC(=O)Cc1ccc(-n2cnnn2)cc1)[C@H]1C[C@H]2CC[C@H]1C2. The predicted molar refractivity (Wildman–Crippen MR) is 89.4 cm³/mol. The number of nitrogens with one attached hydrogen (secondary N) is 1. The van der Waals surface area contributed by atoms with Crippen molar-refractivity contribution >= 4 is 5.91 Å². The Kier molecular flexibility index (Phi) is 4.04. The molecule has 6 heteroatoms. The fourth-order valence-corrected chi connectivity index (χ4v) is 4.55. The third kappa shape index (κ3) is 3.05. The number of benzene rings is 1. The van der Waals surface area contributed by atoms with Gasteiger partial charge in [0.2, 0.25) is 5.91 Å². The first-order chi connectivity index (χ1) is 11.7. The van der Waals surface area contributed by atoms with E-state index in [2.05, 4.69) is 27.8 Å². The molecule has 2 fully saturated rings. The molecule has 2 bridgehead atoms. The van der Waals surface area contributed by atoms with Gasteiger partial charge in [0.25, 0.3) is 0 Å². The van der Waals surface area contributed by atoms with Gasteiger partial charge in [0.1, 0.15) is 6.33 Å². The van der Waals surface area contributed by atoms with Crippen LogP contribution in [0.2, 0.25) is 0 Å². The molecule has 0 spiro atoms. The fraction of sp³-hybridized carbons (Fsp3) is 0.556. The van der Waals surface area contributed by atoms with E-state index in [0.717, 1.165) is 23.1 Å². The van der Waals surface area contributed by atoms with Crippen LogP contribution in [0.1, 0.15) is 38.2 Å². The van der Waals surface area contributed by atoms with E-state index in [0.29, 0.717) is 12.3 Å². The summed E-state index contributed by atoms with van der Waals surface area (Å²) < 4.78 is 1.60. The number of fused-ring (bicyclic) bond motifs is 2. The first-order valence-electron chi connectivity index (χ1n) is 8.80. The van der Waals surface area contributed by atoms with Crippen LogP contribution >= 0.6 is 0 Å². The highest BCUT2D eigenvalue weighted by Crippen LogP contribution is 2.49. The molecule has 2 aliphatic rings. The second kappa shape index (κ2) is 6.34. The number of amides is 1. The number of aromatic nitrogens is 4. The maximum absolute atomic E-state index is 12.4. The molecule has 0 unspecified atom stereocenters. The third-order valence-corrected chi connectivity index (χ3v) is 5.74. The highest BCUT2D eigenvalue weighted by atomic mass is 16.1. The molecule has 24 heavy (non-hydrogen) atoms. The third-order valence-electron chi connectivity index (χ3n) is 5.74. The molecule has 1 aromatic heterocycles. The molecule has 1 amide bonds. The Morgan fingerprint density at radius 1 is 1.29 bits per heavy atom. The van der Waals surface area contributed by atoms with Crippen LogP contribution in [0.15, 0.2) is 30.6 Å². The molecule has 0 radical (unpaired) electrons. The Morgan fingerprint density at radius 3 is 2.75 bits per heavy atom. The standard InChI is InChI=1S/C18H23N5O/c1-12(17-9-14-2-5-15(17)8-14)20-18(24)10-13-3-6-16(7-4-13)23-11-19-21-22-23/h3-4,6-7,11-12,14-15,17H,2,5,8-10H2,1H3,(H,20,24)/t12-,14-,15-,17+/m0/s1.